The van der Waals surface area contributed by atoms with Gasteiger partial charge in [0.25, 0.3) is 0 Å². The minimum absolute atomic E-state index is 0.786. The molecule has 0 unspecified atom stereocenters. The molecule has 0 saturated heterocycles. The topological polar surface area (TPSA) is 0 Å². The van der Waals surface area contributed by atoms with Crippen LogP contribution in [-0.4, -0.2) is 21.8 Å². The summed E-state index contributed by atoms with van der Waals surface area (Å²) in [7, 11) is 0. The third-order valence-corrected chi connectivity index (χ3v) is 14.2. The Morgan fingerprint density at radius 3 is 1.55 bits per heavy atom. The van der Waals surface area contributed by atoms with E-state index >= 15 is 0 Å². The Morgan fingerprint density at radius 1 is 0.636 bits per heavy atom. The number of hydrogen-bond acceptors (Lipinski definition) is 0. The summed E-state index contributed by atoms with van der Waals surface area (Å²) in [6, 6.07) is 25.4. The van der Waals surface area contributed by atoms with E-state index in [1.807, 2.05) is 24.3 Å². The second kappa shape index (κ2) is 7.13. The van der Waals surface area contributed by atoms with Gasteiger partial charge in [0.1, 0.15) is 0 Å². The molecule has 0 N–H and O–H groups in total. The van der Waals surface area contributed by atoms with Crippen LogP contribution in [0, 0.1) is 6.92 Å². The molecule has 0 nitrogen and oxygen atoms in total. The molecule has 3 heteroatoms. The first-order valence-corrected chi connectivity index (χ1v) is 13.0. The molecule has 0 amide bonds. The molecule has 0 aliphatic heterocycles. The molecule has 0 aliphatic rings. The van der Waals surface area contributed by atoms with Crippen molar-refractivity contribution in [1.82, 2.24) is 0 Å². The fourth-order valence-electron chi connectivity index (χ4n) is 2.42. The number of rotatable bonds is 3. The van der Waals surface area contributed by atoms with E-state index in [4.69, 9.17) is 23.2 Å². The van der Waals surface area contributed by atoms with E-state index in [0.29, 0.717) is 0 Å². The summed E-state index contributed by atoms with van der Waals surface area (Å²) in [6.45, 7) is 2.20. The van der Waals surface area contributed by atoms with E-state index in [-0.39, 0.29) is 0 Å². The maximum atomic E-state index is 6.07. The van der Waals surface area contributed by atoms with E-state index in [1.165, 1.54) is 15.4 Å². The molecule has 0 spiro atoms. The zero-order chi connectivity index (χ0) is 15.5. The number of benzene rings is 3. The Labute approximate surface area is 149 Å². The van der Waals surface area contributed by atoms with Gasteiger partial charge in [0.15, 0.2) is 0 Å². The van der Waals surface area contributed by atoms with Gasteiger partial charge in [-0.2, -0.15) is 0 Å². The first-order chi connectivity index (χ1) is 10.6. The predicted molar refractivity (Wildman–Crippen MR) is 98.7 cm³/mol. The average Bonchev–Trinajstić information content (AvgIpc) is 2.53. The molecule has 0 aliphatic carbocycles. The SMILES string of the molecule is Cc1cccc[c]1[Bi]([c]1ccc(Cl)cc1)[c]1ccc(Cl)cc1. The van der Waals surface area contributed by atoms with Gasteiger partial charge in [-0.3, -0.25) is 0 Å². The molecule has 3 aromatic carbocycles. The van der Waals surface area contributed by atoms with Crippen LogP contribution in [0.15, 0.2) is 72.8 Å². The Morgan fingerprint density at radius 2 is 1.09 bits per heavy atom. The summed E-state index contributed by atoms with van der Waals surface area (Å²) in [5.41, 5.74) is 1.37. The van der Waals surface area contributed by atoms with Crippen molar-refractivity contribution in [1.29, 1.82) is 0 Å². The Hall–Kier alpha value is -0.877. The standard InChI is InChI=1S/C7H7.2C6H4Cl.Bi/c1-7-5-3-2-4-6-7;2*7-6-4-2-1-3-5-6;/h2-5H,1H3;2*2-5H;. The zero-order valence-corrected chi connectivity index (χ0v) is 17.1. The van der Waals surface area contributed by atoms with Crippen molar-refractivity contribution in [3.63, 3.8) is 0 Å². The van der Waals surface area contributed by atoms with Gasteiger partial charge in [-0.25, -0.2) is 0 Å². The van der Waals surface area contributed by atoms with Crippen LogP contribution in [-0.2, 0) is 0 Å². The van der Waals surface area contributed by atoms with E-state index in [0.717, 1.165) is 10.0 Å². The molecule has 0 atom stereocenters. The Kier molecular flexibility index (Phi) is 5.19. The van der Waals surface area contributed by atoms with Gasteiger partial charge >= 0.3 is 150 Å². The van der Waals surface area contributed by atoms with Crippen LogP contribution in [0.4, 0.5) is 0 Å². The van der Waals surface area contributed by atoms with Crippen molar-refractivity contribution in [2.75, 3.05) is 0 Å². The molecule has 3 rings (SSSR count). The molecular formula is C19H15BiCl2. The van der Waals surface area contributed by atoms with E-state index in [1.54, 1.807) is 0 Å². The number of aryl methyl sites for hydroxylation is 1. The molecule has 110 valence electrons. The zero-order valence-electron chi connectivity index (χ0n) is 12.1. The van der Waals surface area contributed by atoms with Crippen molar-refractivity contribution in [3.05, 3.63) is 88.4 Å². The first kappa shape index (κ1) is 16.0. The monoisotopic (exact) mass is 522 g/mol. The first-order valence-electron chi connectivity index (χ1n) is 7.02. The maximum absolute atomic E-state index is 6.07. The third-order valence-electron chi connectivity index (χ3n) is 3.53. The van der Waals surface area contributed by atoms with Crippen LogP contribution in [0.5, 0.6) is 0 Å². The van der Waals surface area contributed by atoms with Crippen LogP contribution >= 0.6 is 23.2 Å². The van der Waals surface area contributed by atoms with Gasteiger partial charge < -0.3 is 0 Å². The van der Waals surface area contributed by atoms with Crippen molar-refractivity contribution in [3.8, 4) is 0 Å². The fourth-order valence-corrected chi connectivity index (χ4v) is 12.0. The third kappa shape index (κ3) is 3.54. The van der Waals surface area contributed by atoms with Crippen molar-refractivity contribution in [2.24, 2.45) is 0 Å². The molecule has 3 aromatic rings. The van der Waals surface area contributed by atoms with Crippen LogP contribution in [0.2, 0.25) is 10.0 Å². The number of halogens is 2. The van der Waals surface area contributed by atoms with Crippen LogP contribution in [0.25, 0.3) is 0 Å². The van der Waals surface area contributed by atoms with Crippen LogP contribution in [0.3, 0.4) is 0 Å². The van der Waals surface area contributed by atoms with E-state index in [9.17, 15) is 0 Å². The summed E-state index contributed by atoms with van der Waals surface area (Å²) in [4.78, 5) is 0. The second-order valence-electron chi connectivity index (χ2n) is 5.07. The van der Waals surface area contributed by atoms with Gasteiger partial charge in [0.05, 0.1) is 0 Å². The Bertz CT molecular complexity index is 719. The van der Waals surface area contributed by atoms with Crippen LogP contribution in [0.1, 0.15) is 5.56 Å². The Balaban J connectivity index is 2.16. The summed E-state index contributed by atoms with van der Waals surface area (Å²) < 4.78 is 4.36. The fraction of sp³-hybridized carbons (Fsp3) is 0.0526. The minimum atomic E-state index is -2.29. The predicted octanol–water partition coefficient (Wildman–Crippen LogP) is 3.82. The second-order valence-corrected chi connectivity index (χ2v) is 14.4. The molecule has 0 aromatic heterocycles. The van der Waals surface area contributed by atoms with Gasteiger partial charge in [-0.1, -0.05) is 0 Å². The summed E-state index contributed by atoms with van der Waals surface area (Å²) in [5.74, 6) is 0. The van der Waals surface area contributed by atoms with Gasteiger partial charge in [0.2, 0.25) is 0 Å². The van der Waals surface area contributed by atoms with Crippen molar-refractivity contribution < 1.29 is 0 Å². The van der Waals surface area contributed by atoms with Crippen molar-refractivity contribution in [2.45, 2.75) is 6.92 Å². The quantitative estimate of drug-likeness (QED) is 0.459. The molecule has 0 fully saturated rings. The number of hydrogen-bond donors (Lipinski definition) is 0. The van der Waals surface area contributed by atoms with Gasteiger partial charge in [0, 0.05) is 0 Å². The summed E-state index contributed by atoms with van der Waals surface area (Å²) >= 11 is 9.84. The van der Waals surface area contributed by atoms with E-state index < -0.39 is 21.8 Å². The van der Waals surface area contributed by atoms with Crippen LogP contribution < -0.4 is 9.81 Å². The summed E-state index contributed by atoms with van der Waals surface area (Å²) in [5, 5.41) is 1.57. The van der Waals surface area contributed by atoms with Gasteiger partial charge in [-0.15, -0.1) is 0 Å². The average molecular weight is 523 g/mol. The molecule has 0 radical (unpaired) electrons. The molecular weight excluding hydrogens is 508 g/mol. The summed E-state index contributed by atoms with van der Waals surface area (Å²) in [6.07, 6.45) is 0. The van der Waals surface area contributed by atoms with Crippen molar-refractivity contribution >= 4 is 54.8 Å². The van der Waals surface area contributed by atoms with E-state index in [2.05, 4.69) is 55.5 Å². The van der Waals surface area contributed by atoms with Gasteiger partial charge in [-0.05, 0) is 0 Å². The molecule has 0 saturated carbocycles. The normalized spacial score (nSPS) is 10.9. The molecule has 22 heavy (non-hydrogen) atoms. The molecule has 0 bridgehead atoms. The molecule has 0 heterocycles.